The van der Waals surface area contributed by atoms with Crippen LogP contribution in [0.25, 0.3) is 5.69 Å². The SMILES string of the molecule is CCCNCCNC(=O)c1nnn(-c2cccc(F)c2)c1C(F)(F)F. The third-order valence-electron chi connectivity index (χ3n) is 3.22. The average Bonchev–Trinajstić information content (AvgIpc) is 3.00. The molecule has 10 heteroatoms. The molecule has 0 aliphatic rings. The number of carbonyl (C=O) groups is 1. The van der Waals surface area contributed by atoms with Gasteiger partial charge in [-0.1, -0.05) is 18.2 Å². The number of hydrogen-bond acceptors (Lipinski definition) is 4. The highest BCUT2D eigenvalue weighted by Gasteiger charge is 2.42. The first-order valence-corrected chi connectivity index (χ1v) is 7.62. The molecular formula is C15H17F4N5O. The van der Waals surface area contributed by atoms with Crippen LogP contribution < -0.4 is 10.6 Å². The van der Waals surface area contributed by atoms with Crippen LogP contribution in [0.2, 0.25) is 0 Å². The van der Waals surface area contributed by atoms with Crippen LogP contribution >= 0.6 is 0 Å². The molecule has 0 unspecified atom stereocenters. The maximum atomic E-state index is 13.4. The maximum Gasteiger partial charge on any atom is 0.435 e. The van der Waals surface area contributed by atoms with Crippen LogP contribution in [0.1, 0.15) is 29.5 Å². The third-order valence-corrected chi connectivity index (χ3v) is 3.22. The van der Waals surface area contributed by atoms with Crippen molar-refractivity contribution in [3.63, 3.8) is 0 Å². The molecule has 0 saturated carbocycles. The topological polar surface area (TPSA) is 71.8 Å². The quantitative estimate of drug-likeness (QED) is 0.587. The molecular weight excluding hydrogens is 342 g/mol. The van der Waals surface area contributed by atoms with Crippen molar-refractivity contribution in [2.24, 2.45) is 0 Å². The van der Waals surface area contributed by atoms with Crippen molar-refractivity contribution >= 4 is 5.91 Å². The molecule has 0 atom stereocenters. The van der Waals surface area contributed by atoms with Gasteiger partial charge in [-0.2, -0.15) is 13.2 Å². The first kappa shape index (κ1) is 18.8. The van der Waals surface area contributed by atoms with E-state index in [-0.39, 0.29) is 12.2 Å². The molecule has 0 spiro atoms. The monoisotopic (exact) mass is 359 g/mol. The minimum atomic E-state index is -4.89. The maximum absolute atomic E-state index is 13.4. The Morgan fingerprint density at radius 2 is 2.00 bits per heavy atom. The molecule has 0 aliphatic carbocycles. The van der Waals surface area contributed by atoms with Crippen molar-refractivity contribution in [2.45, 2.75) is 19.5 Å². The number of alkyl halides is 3. The molecule has 1 aromatic heterocycles. The summed E-state index contributed by atoms with van der Waals surface area (Å²) in [5, 5.41) is 12.1. The van der Waals surface area contributed by atoms with Gasteiger partial charge in [-0.05, 0) is 31.2 Å². The fourth-order valence-corrected chi connectivity index (χ4v) is 2.13. The van der Waals surface area contributed by atoms with E-state index in [0.29, 0.717) is 11.2 Å². The Morgan fingerprint density at radius 3 is 2.64 bits per heavy atom. The Bertz CT molecular complexity index is 729. The standard InChI is InChI=1S/C15H17F4N5O/c1-2-6-20-7-8-21-14(25)12-13(15(17,18)19)24(23-22-12)11-5-3-4-10(16)9-11/h3-5,9,20H,2,6-8H2,1H3,(H,21,25). The number of halogens is 4. The van der Waals surface area contributed by atoms with Crippen LogP contribution in [-0.2, 0) is 6.18 Å². The predicted molar refractivity (Wildman–Crippen MR) is 81.8 cm³/mol. The second kappa shape index (κ2) is 8.06. The van der Waals surface area contributed by atoms with Crippen molar-refractivity contribution in [1.29, 1.82) is 0 Å². The Hall–Kier alpha value is -2.49. The van der Waals surface area contributed by atoms with Gasteiger partial charge in [-0.15, -0.1) is 5.10 Å². The molecule has 0 aliphatic heterocycles. The Morgan fingerprint density at radius 1 is 1.24 bits per heavy atom. The largest absolute Gasteiger partial charge is 0.435 e. The predicted octanol–water partition coefficient (Wildman–Crippen LogP) is 2.15. The van der Waals surface area contributed by atoms with Crippen molar-refractivity contribution in [2.75, 3.05) is 19.6 Å². The van der Waals surface area contributed by atoms with Gasteiger partial charge in [0.05, 0.1) is 5.69 Å². The highest BCUT2D eigenvalue weighted by Crippen LogP contribution is 2.32. The average molecular weight is 359 g/mol. The summed E-state index contributed by atoms with van der Waals surface area (Å²) in [7, 11) is 0. The first-order valence-electron chi connectivity index (χ1n) is 7.62. The van der Waals surface area contributed by atoms with E-state index in [2.05, 4.69) is 20.9 Å². The van der Waals surface area contributed by atoms with E-state index in [9.17, 15) is 22.4 Å². The fraction of sp³-hybridized carbons (Fsp3) is 0.400. The lowest BCUT2D eigenvalue weighted by Crippen LogP contribution is -2.33. The van der Waals surface area contributed by atoms with E-state index in [1.165, 1.54) is 12.1 Å². The number of nitrogens with zero attached hydrogens (tertiary/aromatic N) is 3. The Labute approximate surface area is 141 Å². The second-order valence-electron chi connectivity index (χ2n) is 5.18. The molecule has 0 radical (unpaired) electrons. The normalized spacial score (nSPS) is 11.6. The summed E-state index contributed by atoms with van der Waals surface area (Å²) < 4.78 is 53.9. The summed E-state index contributed by atoms with van der Waals surface area (Å²) in [6.07, 6.45) is -3.99. The van der Waals surface area contributed by atoms with Crippen LogP contribution in [0.4, 0.5) is 17.6 Å². The summed E-state index contributed by atoms with van der Waals surface area (Å²) in [6, 6.07) is 4.44. The van der Waals surface area contributed by atoms with Gasteiger partial charge >= 0.3 is 6.18 Å². The van der Waals surface area contributed by atoms with E-state index >= 15 is 0 Å². The van der Waals surface area contributed by atoms with Gasteiger partial charge in [0, 0.05) is 13.1 Å². The van der Waals surface area contributed by atoms with Gasteiger partial charge in [0.1, 0.15) is 5.82 Å². The molecule has 6 nitrogen and oxygen atoms in total. The van der Waals surface area contributed by atoms with Crippen LogP contribution in [-0.4, -0.2) is 40.5 Å². The van der Waals surface area contributed by atoms with Crippen LogP contribution in [0.15, 0.2) is 24.3 Å². The molecule has 2 rings (SSSR count). The summed E-state index contributed by atoms with van der Waals surface area (Å²) >= 11 is 0. The van der Waals surface area contributed by atoms with Gasteiger partial charge in [0.2, 0.25) is 0 Å². The number of benzene rings is 1. The van der Waals surface area contributed by atoms with E-state index in [1.54, 1.807) is 0 Å². The summed E-state index contributed by atoms with van der Waals surface area (Å²) in [4.78, 5) is 12.0. The first-order chi connectivity index (χ1) is 11.8. The molecule has 1 heterocycles. The lowest BCUT2D eigenvalue weighted by atomic mass is 10.2. The molecule has 0 fully saturated rings. The van der Waals surface area contributed by atoms with Crippen LogP contribution in [0.3, 0.4) is 0 Å². The lowest BCUT2D eigenvalue weighted by molar-refractivity contribution is -0.143. The van der Waals surface area contributed by atoms with E-state index in [0.717, 1.165) is 25.1 Å². The highest BCUT2D eigenvalue weighted by atomic mass is 19.4. The van der Waals surface area contributed by atoms with Gasteiger partial charge in [0.15, 0.2) is 11.4 Å². The zero-order valence-corrected chi connectivity index (χ0v) is 13.4. The fourth-order valence-electron chi connectivity index (χ4n) is 2.13. The van der Waals surface area contributed by atoms with Gasteiger partial charge in [-0.25, -0.2) is 9.07 Å². The number of rotatable bonds is 7. The summed E-state index contributed by atoms with van der Waals surface area (Å²) in [6.45, 7) is 3.26. The van der Waals surface area contributed by atoms with Crippen LogP contribution in [0.5, 0.6) is 0 Å². The summed E-state index contributed by atoms with van der Waals surface area (Å²) in [5.41, 5.74) is -2.38. The van der Waals surface area contributed by atoms with Gasteiger partial charge < -0.3 is 10.6 Å². The van der Waals surface area contributed by atoms with E-state index in [4.69, 9.17) is 0 Å². The molecule has 2 N–H and O–H groups in total. The van der Waals surface area contributed by atoms with E-state index in [1.807, 2.05) is 6.92 Å². The Kier molecular flexibility index (Phi) is 6.07. The van der Waals surface area contributed by atoms with Gasteiger partial charge in [0.25, 0.3) is 5.91 Å². The highest BCUT2D eigenvalue weighted by molar-refractivity contribution is 5.93. The molecule has 136 valence electrons. The smallest absolute Gasteiger partial charge is 0.349 e. The Balaban J connectivity index is 2.26. The minimum Gasteiger partial charge on any atom is -0.349 e. The van der Waals surface area contributed by atoms with Gasteiger partial charge in [-0.3, -0.25) is 4.79 Å². The van der Waals surface area contributed by atoms with Crippen molar-refractivity contribution < 1.29 is 22.4 Å². The zero-order valence-electron chi connectivity index (χ0n) is 13.4. The van der Waals surface area contributed by atoms with Crippen molar-refractivity contribution in [3.8, 4) is 5.69 Å². The molecule has 1 amide bonds. The molecule has 0 bridgehead atoms. The molecule has 0 saturated heterocycles. The van der Waals surface area contributed by atoms with Crippen LogP contribution in [0, 0.1) is 5.82 Å². The molecule has 25 heavy (non-hydrogen) atoms. The minimum absolute atomic E-state index is 0.142. The number of hydrogen-bond donors (Lipinski definition) is 2. The lowest BCUT2D eigenvalue weighted by Gasteiger charge is -2.11. The van der Waals surface area contributed by atoms with E-state index < -0.39 is 29.3 Å². The molecule has 2 aromatic rings. The third kappa shape index (κ3) is 4.75. The zero-order chi connectivity index (χ0) is 18.4. The number of nitrogens with one attached hydrogen (secondary N) is 2. The second-order valence-corrected chi connectivity index (χ2v) is 5.18. The molecule has 1 aromatic carbocycles. The number of amides is 1. The number of carbonyl (C=O) groups excluding carboxylic acids is 1. The summed E-state index contributed by atoms with van der Waals surface area (Å²) in [5.74, 6) is -1.72. The number of aromatic nitrogens is 3. The van der Waals surface area contributed by atoms with Crippen molar-refractivity contribution in [1.82, 2.24) is 25.6 Å². The van der Waals surface area contributed by atoms with Crippen molar-refractivity contribution in [3.05, 3.63) is 41.5 Å².